The van der Waals surface area contributed by atoms with E-state index in [1.165, 1.54) is 6.33 Å². The quantitative estimate of drug-likeness (QED) is 0.769. The summed E-state index contributed by atoms with van der Waals surface area (Å²) in [5.74, 6) is 0.455. The van der Waals surface area contributed by atoms with Crippen molar-refractivity contribution >= 4 is 16.6 Å². The molecule has 0 bridgehead atoms. The van der Waals surface area contributed by atoms with Crippen LogP contribution in [0.3, 0.4) is 0 Å². The van der Waals surface area contributed by atoms with Gasteiger partial charge in [0, 0.05) is 29.4 Å². The number of aryl methyl sites for hydroxylation is 1. The van der Waals surface area contributed by atoms with Gasteiger partial charge in [0.15, 0.2) is 11.6 Å². The lowest BCUT2D eigenvalue weighted by atomic mass is 10.3. The van der Waals surface area contributed by atoms with Crippen molar-refractivity contribution in [1.82, 2.24) is 9.97 Å². The van der Waals surface area contributed by atoms with Crippen molar-refractivity contribution < 1.29 is 8.60 Å². The highest BCUT2D eigenvalue weighted by molar-refractivity contribution is 7.84. The average Bonchev–Trinajstić information content (AvgIpc) is 2.26. The lowest BCUT2D eigenvalue weighted by molar-refractivity contribution is 0.596. The molecule has 1 aromatic heterocycles. The van der Waals surface area contributed by atoms with E-state index in [0.717, 1.165) is 6.42 Å². The van der Waals surface area contributed by atoms with Crippen LogP contribution in [-0.4, -0.2) is 32.7 Å². The monoisotopic (exact) mass is 245 g/mol. The first-order chi connectivity index (χ1) is 7.65. The number of nitrogens with one attached hydrogen (secondary N) is 1. The first-order valence-corrected chi connectivity index (χ1v) is 6.91. The fourth-order valence-corrected chi connectivity index (χ4v) is 1.81. The van der Waals surface area contributed by atoms with E-state index in [1.54, 1.807) is 6.26 Å². The maximum absolute atomic E-state index is 13.6. The molecule has 0 aromatic carbocycles. The Balaban J connectivity index is 2.50. The van der Waals surface area contributed by atoms with Gasteiger partial charge in [0.25, 0.3) is 0 Å². The number of hydrogen-bond acceptors (Lipinski definition) is 4. The van der Waals surface area contributed by atoms with Gasteiger partial charge in [-0.2, -0.15) is 0 Å². The first-order valence-electron chi connectivity index (χ1n) is 5.18. The van der Waals surface area contributed by atoms with Crippen LogP contribution in [-0.2, 0) is 17.2 Å². The summed E-state index contributed by atoms with van der Waals surface area (Å²) in [6.07, 6.45) is 4.28. The Hall–Kier alpha value is -1.04. The molecule has 1 rings (SSSR count). The molecule has 1 N–H and O–H groups in total. The minimum Gasteiger partial charge on any atom is -0.368 e. The summed E-state index contributed by atoms with van der Waals surface area (Å²) < 4.78 is 24.4. The van der Waals surface area contributed by atoms with E-state index >= 15 is 0 Å². The second-order valence-corrected chi connectivity index (χ2v) is 4.95. The zero-order valence-electron chi connectivity index (χ0n) is 9.49. The molecular weight excluding hydrogens is 229 g/mol. The van der Waals surface area contributed by atoms with E-state index in [-0.39, 0.29) is 11.6 Å². The summed E-state index contributed by atoms with van der Waals surface area (Å²) >= 11 is 0. The van der Waals surface area contributed by atoms with E-state index in [0.29, 0.717) is 24.4 Å². The van der Waals surface area contributed by atoms with Crippen LogP contribution in [0.1, 0.15) is 19.0 Å². The molecule has 16 heavy (non-hydrogen) atoms. The normalized spacial score (nSPS) is 12.4. The van der Waals surface area contributed by atoms with Crippen LogP contribution < -0.4 is 5.32 Å². The average molecular weight is 245 g/mol. The zero-order valence-corrected chi connectivity index (χ0v) is 10.3. The van der Waals surface area contributed by atoms with Gasteiger partial charge in [0.05, 0.1) is 5.69 Å². The zero-order chi connectivity index (χ0) is 12.0. The molecule has 0 fully saturated rings. The van der Waals surface area contributed by atoms with E-state index in [4.69, 9.17) is 0 Å². The van der Waals surface area contributed by atoms with Gasteiger partial charge < -0.3 is 5.32 Å². The minimum atomic E-state index is -0.801. The molecule has 1 aromatic rings. The topological polar surface area (TPSA) is 54.9 Å². The fraction of sp³-hybridized carbons (Fsp3) is 0.600. The second-order valence-electron chi connectivity index (χ2n) is 3.39. The van der Waals surface area contributed by atoms with Crippen LogP contribution in [0.25, 0.3) is 0 Å². The maximum Gasteiger partial charge on any atom is 0.186 e. The van der Waals surface area contributed by atoms with Crippen LogP contribution in [0.2, 0.25) is 0 Å². The van der Waals surface area contributed by atoms with Gasteiger partial charge in [-0.15, -0.1) is 0 Å². The van der Waals surface area contributed by atoms with Gasteiger partial charge in [0.2, 0.25) is 0 Å². The number of nitrogens with zero attached hydrogens (tertiary/aromatic N) is 2. The van der Waals surface area contributed by atoms with E-state index < -0.39 is 10.8 Å². The Morgan fingerprint density at radius 3 is 2.88 bits per heavy atom. The molecule has 1 atom stereocenters. The Morgan fingerprint density at radius 1 is 1.50 bits per heavy atom. The number of anilines is 1. The minimum absolute atomic E-state index is 0.230. The molecule has 0 saturated heterocycles. The predicted molar refractivity (Wildman–Crippen MR) is 63.4 cm³/mol. The largest absolute Gasteiger partial charge is 0.368 e. The molecule has 0 amide bonds. The molecule has 6 heteroatoms. The molecule has 0 spiro atoms. The van der Waals surface area contributed by atoms with Crippen LogP contribution in [0.15, 0.2) is 6.33 Å². The van der Waals surface area contributed by atoms with Crippen LogP contribution in [0.5, 0.6) is 0 Å². The summed E-state index contributed by atoms with van der Waals surface area (Å²) in [4.78, 5) is 7.67. The summed E-state index contributed by atoms with van der Waals surface area (Å²) in [5.41, 5.74) is 0.413. The van der Waals surface area contributed by atoms with E-state index in [1.807, 2.05) is 6.92 Å². The van der Waals surface area contributed by atoms with E-state index in [9.17, 15) is 8.60 Å². The molecule has 1 heterocycles. The summed E-state index contributed by atoms with van der Waals surface area (Å²) in [5, 5.41) is 2.88. The first kappa shape index (κ1) is 13.0. The van der Waals surface area contributed by atoms with Crippen molar-refractivity contribution in [3.8, 4) is 0 Å². The molecule has 4 nitrogen and oxygen atoms in total. The van der Waals surface area contributed by atoms with Gasteiger partial charge in [-0.3, -0.25) is 4.21 Å². The lowest BCUT2D eigenvalue weighted by Crippen LogP contribution is -2.10. The summed E-state index contributed by atoms with van der Waals surface area (Å²) in [6, 6.07) is 0. The number of rotatable bonds is 6. The van der Waals surface area contributed by atoms with Crippen LogP contribution >= 0.6 is 0 Å². The third kappa shape index (κ3) is 3.84. The maximum atomic E-state index is 13.6. The summed E-state index contributed by atoms with van der Waals surface area (Å²) in [6.45, 7) is 2.41. The summed E-state index contributed by atoms with van der Waals surface area (Å²) in [7, 11) is -0.801. The van der Waals surface area contributed by atoms with Crippen LogP contribution in [0.4, 0.5) is 10.2 Å². The van der Waals surface area contributed by atoms with Crippen LogP contribution in [0, 0.1) is 5.82 Å². The van der Waals surface area contributed by atoms with Crippen molar-refractivity contribution in [3.63, 3.8) is 0 Å². The lowest BCUT2D eigenvalue weighted by Gasteiger charge is -2.07. The fourth-order valence-electron chi connectivity index (χ4n) is 1.26. The van der Waals surface area contributed by atoms with E-state index in [2.05, 4.69) is 15.3 Å². The van der Waals surface area contributed by atoms with Crippen molar-refractivity contribution in [2.24, 2.45) is 0 Å². The van der Waals surface area contributed by atoms with Crippen molar-refractivity contribution in [2.45, 2.75) is 19.8 Å². The molecule has 0 aliphatic heterocycles. The smallest absolute Gasteiger partial charge is 0.186 e. The van der Waals surface area contributed by atoms with Gasteiger partial charge in [-0.05, 0) is 12.8 Å². The van der Waals surface area contributed by atoms with Gasteiger partial charge in [-0.25, -0.2) is 14.4 Å². The van der Waals surface area contributed by atoms with Crippen molar-refractivity contribution in [2.75, 3.05) is 23.9 Å². The highest BCUT2D eigenvalue weighted by atomic mass is 32.2. The highest BCUT2D eigenvalue weighted by Crippen LogP contribution is 2.12. The molecule has 0 aliphatic rings. The Kier molecular flexibility index (Phi) is 5.31. The Bertz CT molecular complexity index is 373. The third-order valence-corrected chi connectivity index (χ3v) is 2.96. The molecule has 90 valence electrons. The number of hydrogen-bond donors (Lipinski definition) is 1. The standard InChI is InChI=1S/C10H16FN3OS/c1-3-8-9(11)10(14-7-13-8)12-5-4-6-16(2)15/h7H,3-6H2,1-2H3,(H,12,13,14). The second kappa shape index (κ2) is 6.52. The predicted octanol–water partition coefficient (Wildman–Crippen LogP) is 1.36. The molecule has 0 radical (unpaired) electrons. The SMILES string of the molecule is CCc1ncnc(NCCCS(C)=O)c1F. The third-order valence-electron chi connectivity index (χ3n) is 2.10. The van der Waals surface area contributed by atoms with Gasteiger partial charge >= 0.3 is 0 Å². The number of halogens is 1. The number of aromatic nitrogens is 2. The van der Waals surface area contributed by atoms with Gasteiger partial charge in [0.1, 0.15) is 6.33 Å². The molecular formula is C10H16FN3OS. The highest BCUT2D eigenvalue weighted by Gasteiger charge is 2.08. The molecule has 0 aliphatic carbocycles. The van der Waals surface area contributed by atoms with Crippen molar-refractivity contribution in [3.05, 3.63) is 17.8 Å². The molecule has 0 saturated carbocycles. The van der Waals surface area contributed by atoms with Crippen molar-refractivity contribution in [1.29, 1.82) is 0 Å². The van der Waals surface area contributed by atoms with Gasteiger partial charge in [-0.1, -0.05) is 6.92 Å². The Morgan fingerprint density at radius 2 is 2.25 bits per heavy atom. The Labute approximate surface area is 97.2 Å². The molecule has 1 unspecified atom stereocenters.